The van der Waals surface area contributed by atoms with Crippen LogP contribution in [0.15, 0.2) is 12.1 Å². The van der Waals surface area contributed by atoms with Gasteiger partial charge in [-0.05, 0) is 37.0 Å². The Hall–Kier alpha value is -2.60. The minimum atomic E-state index is -0.923. The minimum absolute atomic E-state index is 0.0405. The van der Waals surface area contributed by atoms with Crippen molar-refractivity contribution >= 4 is 11.9 Å². The van der Waals surface area contributed by atoms with Crippen molar-refractivity contribution in [2.24, 2.45) is 11.3 Å². The first-order valence-corrected chi connectivity index (χ1v) is 13.8. The fourth-order valence-corrected chi connectivity index (χ4v) is 5.81. The van der Waals surface area contributed by atoms with Gasteiger partial charge in [0.25, 0.3) is 5.91 Å². The number of carboxylic acids is 1. The lowest BCUT2D eigenvalue weighted by Crippen LogP contribution is -2.47. The molecule has 3 unspecified atom stereocenters. The highest BCUT2D eigenvalue weighted by Crippen LogP contribution is 2.48. The molecule has 3 aliphatic rings. The van der Waals surface area contributed by atoms with Crippen LogP contribution < -0.4 is 14.2 Å². The molecule has 1 aromatic carbocycles. The molecule has 0 bridgehead atoms. The number of amides is 1. The number of carbonyl (C=O) groups excluding carboxylic acids is 1. The normalized spacial score (nSPS) is 23.4. The third kappa shape index (κ3) is 6.42. The van der Waals surface area contributed by atoms with E-state index in [1.54, 1.807) is 7.11 Å². The molecule has 4 rings (SSSR count). The number of aliphatic carboxylic acids is 1. The summed E-state index contributed by atoms with van der Waals surface area (Å²) in [5.41, 5.74) is 0.279. The molecule has 2 fully saturated rings. The van der Waals surface area contributed by atoms with E-state index < -0.39 is 35.6 Å². The molecule has 0 aliphatic carbocycles. The Morgan fingerprint density at radius 1 is 1.15 bits per heavy atom. The highest BCUT2D eigenvalue weighted by atomic mass is 16.7. The molecule has 0 radical (unpaired) electrons. The highest BCUT2D eigenvalue weighted by Gasteiger charge is 2.51. The van der Waals surface area contributed by atoms with Gasteiger partial charge in [0.05, 0.1) is 39.4 Å². The summed E-state index contributed by atoms with van der Waals surface area (Å²) in [4.78, 5) is 34.1. The number of ether oxygens (including phenoxy) is 5. The van der Waals surface area contributed by atoms with Gasteiger partial charge in [-0.15, -0.1) is 0 Å². The van der Waals surface area contributed by atoms with Crippen LogP contribution in [0.5, 0.6) is 17.2 Å². The standard InChI is InChI=1S/C28H42N2O9/c1-6-8-30(39-9-7-2)23(31)16-29-15-19(18-12-21(34-5)25-22(13-18)37-17-38-25)24(26(32)33)20(29)14-28(3,4)27-35-10-11-36-27/h12-13,19-20,24,27H,6-11,14-17H2,1-5H3,(H,32,33). The van der Waals surface area contributed by atoms with E-state index in [-0.39, 0.29) is 19.2 Å². The third-order valence-electron chi connectivity index (χ3n) is 7.63. The monoisotopic (exact) mass is 550 g/mol. The summed E-state index contributed by atoms with van der Waals surface area (Å²) in [6, 6.07) is 3.19. The number of hydrogen-bond acceptors (Lipinski definition) is 9. The Morgan fingerprint density at radius 3 is 2.54 bits per heavy atom. The first kappa shape index (κ1) is 29.4. The van der Waals surface area contributed by atoms with Crippen LogP contribution in [0, 0.1) is 11.3 Å². The molecule has 0 spiro atoms. The number of rotatable bonds is 13. The number of methoxy groups -OCH3 is 1. The summed E-state index contributed by atoms with van der Waals surface area (Å²) < 4.78 is 28.3. The lowest BCUT2D eigenvalue weighted by Gasteiger charge is -2.37. The number of carboxylic acid groups (broad SMARTS) is 1. The van der Waals surface area contributed by atoms with Crippen molar-refractivity contribution in [1.29, 1.82) is 0 Å². The van der Waals surface area contributed by atoms with Crippen LogP contribution in [0.25, 0.3) is 0 Å². The van der Waals surface area contributed by atoms with Crippen molar-refractivity contribution in [3.63, 3.8) is 0 Å². The van der Waals surface area contributed by atoms with Crippen LogP contribution in [0.1, 0.15) is 58.4 Å². The highest BCUT2D eigenvalue weighted by molar-refractivity contribution is 5.78. The van der Waals surface area contributed by atoms with E-state index in [2.05, 4.69) is 0 Å². The van der Waals surface area contributed by atoms with Gasteiger partial charge in [0.15, 0.2) is 17.8 Å². The van der Waals surface area contributed by atoms with E-state index >= 15 is 0 Å². The van der Waals surface area contributed by atoms with Gasteiger partial charge in [0, 0.05) is 30.5 Å². The molecule has 3 atom stereocenters. The maximum Gasteiger partial charge on any atom is 0.308 e. The Bertz CT molecular complexity index is 1010. The van der Waals surface area contributed by atoms with E-state index in [4.69, 9.17) is 28.5 Å². The van der Waals surface area contributed by atoms with Crippen LogP contribution in [-0.2, 0) is 23.9 Å². The zero-order valence-electron chi connectivity index (χ0n) is 23.6. The van der Waals surface area contributed by atoms with Gasteiger partial charge in [-0.2, -0.15) is 0 Å². The Labute approximate surface area is 230 Å². The Kier molecular flexibility index (Phi) is 9.58. The molecule has 218 valence electrons. The quantitative estimate of drug-likeness (QED) is 0.367. The van der Waals surface area contributed by atoms with E-state index in [0.29, 0.717) is 56.6 Å². The fraction of sp³-hybridized carbons (Fsp3) is 0.714. The molecular formula is C28H42N2O9. The van der Waals surface area contributed by atoms with E-state index in [0.717, 1.165) is 18.4 Å². The van der Waals surface area contributed by atoms with Gasteiger partial charge < -0.3 is 28.8 Å². The lowest BCUT2D eigenvalue weighted by molar-refractivity contribution is -0.188. The summed E-state index contributed by atoms with van der Waals surface area (Å²) in [5.74, 6) is -0.793. The maximum atomic E-state index is 13.4. The predicted molar refractivity (Wildman–Crippen MR) is 141 cm³/mol. The Balaban J connectivity index is 1.67. The smallest absolute Gasteiger partial charge is 0.308 e. The molecule has 1 amide bonds. The number of hydroxylamine groups is 2. The van der Waals surface area contributed by atoms with Crippen molar-refractivity contribution in [2.75, 3.05) is 53.4 Å². The molecule has 0 saturated carbocycles. The zero-order chi connectivity index (χ0) is 28.2. The molecular weight excluding hydrogens is 508 g/mol. The molecule has 1 aromatic rings. The molecule has 11 heteroatoms. The Morgan fingerprint density at radius 2 is 1.90 bits per heavy atom. The summed E-state index contributed by atoms with van der Waals surface area (Å²) in [6.45, 7) is 10.4. The van der Waals surface area contributed by atoms with Crippen molar-refractivity contribution in [2.45, 2.75) is 65.2 Å². The van der Waals surface area contributed by atoms with Crippen molar-refractivity contribution < 1.29 is 43.2 Å². The van der Waals surface area contributed by atoms with Gasteiger partial charge in [-0.1, -0.05) is 27.7 Å². The van der Waals surface area contributed by atoms with Gasteiger partial charge in [-0.3, -0.25) is 19.3 Å². The van der Waals surface area contributed by atoms with Crippen LogP contribution in [0.2, 0.25) is 0 Å². The lowest BCUT2D eigenvalue weighted by atomic mass is 9.77. The largest absolute Gasteiger partial charge is 0.493 e. The molecule has 3 heterocycles. The fourth-order valence-electron chi connectivity index (χ4n) is 5.81. The first-order chi connectivity index (χ1) is 18.7. The number of carbonyl (C=O) groups is 2. The topological polar surface area (TPSA) is 116 Å². The average molecular weight is 551 g/mol. The molecule has 11 nitrogen and oxygen atoms in total. The van der Waals surface area contributed by atoms with Crippen molar-refractivity contribution in [1.82, 2.24) is 9.96 Å². The van der Waals surface area contributed by atoms with E-state index in [9.17, 15) is 14.7 Å². The number of fused-ring (bicyclic) bond motifs is 1. The van der Waals surface area contributed by atoms with Crippen molar-refractivity contribution in [3.05, 3.63) is 17.7 Å². The molecule has 3 aliphatic heterocycles. The number of benzene rings is 1. The van der Waals surface area contributed by atoms with Crippen LogP contribution >= 0.6 is 0 Å². The minimum Gasteiger partial charge on any atom is -0.493 e. The maximum absolute atomic E-state index is 13.4. The van der Waals surface area contributed by atoms with Gasteiger partial charge in [0.2, 0.25) is 12.5 Å². The summed E-state index contributed by atoms with van der Waals surface area (Å²) >= 11 is 0. The van der Waals surface area contributed by atoms with E-state index in [1.807, 2.05) is 44.7 Å². The number of nitrogens with zero attached hydrogens (tertiary/aromatic N) is 2. The molecule has 1 N–H and O–H groups in total. The van der Waals surface area contributed by atoms with Crippen molar-refractivity contribution in [3.8, 4) is 17.2 Å². The van der Waals surface area contributed by atoms with Gasteiger partial charge >= 0.3 is 5.97 Å². The number of hydrogen-bond donors (Lipinski definition) is 1. The summed E-state index contributed by atoms with van der Waals surface area (Å²) in [6.07, 6.45) is 1.55. The predicted octanol–water partition coefficient (Wildman–Crippen LogP) is 3.26. The molecule has 0 aromatic heterocycles. The second-order valence-electron chi connectivity index (χ2n) is 11.0. The average Bonchev–Trinajstić information content (AvgIpc) is 3.66. The SMILES string of the molecule is CCCON(CCC)C(=O)CN1CC(c2cc(OC)c3c(c2)OCO3)C(C(=O)O)C1CC(C)(C)C1OCCO1. The molecule has 39 heavy (non-hydrogen) atoms. The van der Waals surface area contributed by atoms with Crippen LogP contribution in [0.3, 0.4) is 0 Å². The van der Waals surface area contributed by atoms with Crippen LogP contribution in [0.4, 0.5) is 0 Å². The zero-order valence-corrected chi connectivity index (χ0v) is 23.6. The molecule has 2 saturated heterocycles. The summed E-state index contributed by atoms with van der Waals surface area (Å²) in [5, 5.41) is 12.0. The van der Waals surface area contributed by atoms with Crippen LogP contribution in [-0.4, -0.2) is 92.6 Å². The third-order valence-corrected chi connectivity index (χ3v) is 7.63. The number of likely N-dealkylation sites (tertiary alicyclic amines) is 1. The second kappa shape index (κ2) is 12.7. The van der Waals surface area contributed by atoms with Gasteiger partial charge in [-0.25, -0.2) is 5.06 Å². The first-order valence-electron chi connectivity index (χ1n) is 13.8. The van der Waals surface area contributed by atoms with E-state index in [1.165, 1.54) is 5.06 Å². The van der Waals surface area contributed by atoms with Gasteiger partial charge in [0.1, 0.15) is 0 Å². The summed E-state index contributed by atoms with van der Waals surface area (Å²) in [7, 11) is 1.54. The second-order valence-corrected chi connectivity index (χ2v) is 11.0.